The van der Waals surface area contributed by atoms with Gasteiger partial charge in [0.1, 0.15) is 0 Å². The summed E-state index contributed by atoms with van der Waals surface area (Å²) in [5.41, 5.74) is 2.77. The molecule has 8 nitrogen and oxygen atoms in total. The molecule has 160 valence electrons. The van der Waals surface area contributed by atoms with Crippen LogP contribution in [0.3, 0.4) is 0 Å². The Bertz CT molecular complexity index is 1080. The molecule has 0 bridgehead atoms. The largest absolute Gasteiger partial charge is 0.493 e. The molecule has 1 aliphatic heterocycles. The maximum atomic E-state index is 12.6. The van der Waals surface area contributed by atoms with Gasteiger partial charge in [0.25, 0.3) is 0 Å². The third kappa shape index (κ3) is 4.73. The molecule has 0 fully saturated rings. The van der Waals surface area contributed by atoms with Gasteiger partial charge >= 0.3 is 0 Å². The Labute approximate surface area is 176 Å². The van der Waals surface area contributed by atoms with E-state index < -0.39 is 10.0 Å². The predicted molar refractivity (Wildman–Crippen MR) is 115 cm³/mol. The fraction of sp³-hybridized carbons (Fsp3) is 0.333. The number of anilines is 1. The minimum atomic E-state index is -3.39. The molecular formula is C21H25N3O5S. The number of benzene rings is 2. The molecular weight excluding hydrogens is 406 g/mol. The molecule has 3 rings (SSSR count). The summed E-state index contributed by atoms with van der Waals surface area (Å²) >= 11 is 0. The van der Waals surface area contributed by atoms with Crippen molar-refractivity contribution in [1.29, 1.82) is 0 Å². The zero-order valence-electron chi connectivity index (χ0n) is 17.4. The summed E-state index contributed by atoms with van der Waals surface area (Å²) in [6.45, 7) is 1.79. The van der Waals surface area contributed by atoms with Gasteiger partial charge in [-0.2, -0.15) is 5.10 Å². The number of nitrogens with one attached hydrogen (secondary N) is 1. The van der Waals surface area contributed by atoms with Crippen LogP contribution in [0.15, 0.2) is 47.6 Å². The average molecular weight is 432 g/mol. The monoisotopic (exact) mass is 431 g/mol. The van der Waals surface area contributed by atoms with E-state index >= 15 is 0 Å². The molecule has 1 heterocycles. The van der Waals surface area contributed by atoms with Gasteiger partial charge in [-0.05, 0) is 35.4 Å². The van der Waals surface area contributed by atoms with E-state index in [1.165, 1.54) is 5.01 Å². The molecule has 0 spiro atoms. The highest BCUT2D eigenvalue weighted by atomic mass is 32.2. The lowest BCUT2D eigenvalue weighted by Crippen LogP contribution is -2.26. The Hall–Kier alpha value is -3.07. The van der Waals surface area contributed by atoms with E-state index in [1.807, 2.05) is 18.2 Å². The van der Waals surface area contributed by atoms with Gasteiger partial charge in [-0.25, -0.2) is 13.4 Å². The Balaban J connectivity index is 1.96. The van der Waals surface area contributed by atoms with Crippen LogP contribution >= 0.6 is 0 Å². The number of nitrogens with zero attached hydrogens (tertiary/aromatic N) is 2. The van der Waals surface area contributed by atoms with Crippen molar-refractivity contribution in [1.82, 2.24) is 5.01 Å². The van der Waals surface area contributed by atoms with E-state index in [4.69, 9.17) is 9.47 Å². The van der Waals surface area contributed by atoms with Crippen LogP contribution in [-0.2, 0) is 14.8 Å². The molecule has 2 aromatic carbocycles. The van der Waals surface area contributed by atoms with Gasteiger partial charge in [0.05, 0.1) is 32.2 Å². The molecule has 1 aliphatic rings. The van der Waals surface area contributed by atoms with Crippen molar-refractivity contribution in [2.75, 3.05) is 25.2 Å². The highest BCUT2D eigenvalue weighted by Crippen LogP contribution is 2.37. The minimum absolute atomic E-state index is 0.102. The third-order valence-corrected chi connectivity index (χ3v) is 5.37. The van der Waals surface area contributed by atoms with Crippen LogP contribution in [0.25, 0.3) is 0 Å². The number of carbonyl (C=O) groups excluding carboxylic acids is 1. The van der Waals surface area contributed by atoms with E-state index in [1.54, 1.807) is 45.4 Å². The molecule has 2 aromatic rings. The lowest BCUT2D eigenvalue weighted by Gasteiger charge is -2.22. The smallest absolute Gasteiger partial charge is 0.242 e. The minimum Gasteiger partial charge on any atom is -0.493 e. The van der Waals surface area contributed by atoms with Crippen LogP contribution in [0.1, 0.15) is 36.9 Å². The lowest BCUT2D eigenvalue weighted by atomic mass is 9.97. The summed E-state index contributed by atoms with van der Waals surface area (Å²) in [6.07, 6.45) is 1.90. The second kappa shape index (κ2) is 8.74. The van der Waals surface area contributed by atoms with E-state index in [0.717, 1.165) is 17.4 Å². The molecule has 9 heteroatoms. The molecule has 1 amide bonds. The molecule has 0 unspecified atom stereocenters. The number of sulfonamides is 1. The number of ether oxygens (including phenoxy) is 2. The zero-order chi connectivity index (χ0) is 21.9. The van der Waals surface area contributed by atoms with Crippen molar-refractivity contribution in [3.8, 4) is 11.5 Å². The molecule has 30 heavy (non-hydrogen) atoms. The van der Waals surface area contributed by atoms with Gasteiger partial charge < -0.3 is 9.47 Å². The number of hydrogen-bond acceptors (Lipinski definition) is 6. The Morgan fingerprint density at radius 2 is 1.90 bits per heavy atom. The summed E-state index contributed by atoms with van der Waals surface area (Å²) in [6, 6.07) is 12.2. The molecule has 0 radical (unpaired) electrons. The number of amides is 1. The first kappa shape index (κ1) is 21.6. The predicted octanol–water partition coefficient (Wildman–Crippen LogP) is 3.16. The average Bonchev–Trinajstić information content (AvgIpc) is 3.17. The van der Waals surface area contributed by atoms with Crippen LogP contribution < -0.4 is 14.2 Å². The summed E-state index contributed by atoms with van der Waals surface area (Å²) in [4.78, 5) is 12.6. The fourth-order valence-corrected chi connectivity index (χ4v) is 3.93. The maximum absolute atomic E-state index is 12.6. The van der Waals surface area contributed by atoms with Crippen molar-refractivity contribution in [3.05, 3.63) is 53.6 Å². The van der Waals surface area contributed by atoms with E-state index in [0.29, 0.717) is 35.7 Å². The highest BCUT2D eigenvalue weighted by Gasteiger charge is 2.33. The van der Waals surface area contributed by atoms with Crippen molar-refractivity contribution in [2.24, 2.45) is 5.10 Å². The van der Waals surface area contributed by atoms with Crippen molar-refractivity contribution in [3.63, 3.8) is 0 Å². The van der Waals surface area contributed by atoms with Crippen LogP contribution in [0.2, 0.25) is 0 Å². The van der Waals surface area contributed by atoms with Gasteiger partial charge in [-0.1, -0.05) is 25.1 Å². The molecule has 0 saturated heterocycles. The normalized spacial score (nSPS) is 16.2. The standard InChI is InChI=1S/C21H25N3O5S/c1-5-21(25)24-18(15-9-10-19(28-2)20(12-15)29-3)13-17(22-24)14-7-6-8-16(11-14)23-30(4,26)27/h6-12,18,23H,5,13H2,1-4H3/t18-/m1/s1. The molecule has 1 atom stereocenters. The number of carbonyl (C=O) groups is 1. The SMILES string of the molecule is CCC(=O)N1N=C(c2cccc(NS(C)(=O)=O)c2)C[C@@H]1c1ccc(OC)c(OC)c1. The van der Waals surface area contributed by atoms with Gasteiger partial charge in [0, 0.05) is 18.5 Å². The van der Waals surface area contributed by atoms with Crippen molar-refractivity contribution < 1.29 is 22.7 Å². The Morgan fingerprint density at radius 3 is 2.53 bits per heavy atom. The molecule has 1 N–H and O–H groups in total. The van der Waals surface area contributed by atoms with Gasteiger partial charge in [0.2, 0.25) is 15.9 Å². The summed E-state index contributed by atoms with van der Waals surface area (Å²) in [5.74, 6) is 1.08. The Morgan fingerprint density at radius 1 is 1.17 bits per heavy atom. The van der Waals surface area contributed by atoms with Gasteiger partial charge in [-0.3, -0.25) is 9.52 Å². The lowest BCUT2D eigenvalue weighted by molar-refractivity contribution is -0.132. The first-order valence-corrected chi connectivity index (χ1v) is 11.3. The molecule has 0 saturated carbocycles. The van der Waals surface area contributed by atoms with E-state index in [9.17, 15) is 13.2 Å². The van der Waals surface area contributed by atoms with Crippen molar-refractivity contribution in [2.45, 2.75) is 25.8 Å². The second-order valence-corrected chi connectivity index (χ2v) is 8.68. The fourth-order valence-electron chi connectivity index (χ4n) is 3.37. The molecule has 0 aromatic heterocycles. The van der Waals surface area contributed by atoms with Crippen molar-refractivity contribution >= 4 is 27.3 Å². The van der Waals surface area contributed by atoms with E-state index in [2.05, 4.69) is 9.82 Å². The molecule has 0 aliphatic carbocycles. The first-order chi connectivity index (χ1) is 14.3. The number of rotatable bonds is 7. The topological polar surface area (TPSA) is 97.3 Å². The summed E-state index contributed by atoms with van der Waals surface area (Å²) in [5, 5.41) is 6.07. The third-order valence-electron chi connectivity index (χ3n) is 4.76. The van der Waals surface area contributed by atoms with Crippen LogP contribution in [0.4, 0.5) is 5.69 Å². The van der Waals surface area contributed by atoms with Crippen LogP contribution in [-0.4, -0.2) is 45.5 Å². The number of hydrogen-bond donors (Lipinski definition) is 1. The first-order valence-electron chi connectivity index (χ1n) is 9.45. The Kier molecular flexibility index (Phi) is 6.31. The van der Waals surface area contributed by atoms with Crippen LogP contribution in [0, 0.1) is 0 Å². The number of methoxy groups -OCH3 is 2. The summed E-state index contributed by atoms with van der Waals surface area (Å²) in [7, 11) is -0.263. The van der Waals surface area contributed by atoms with E-state index in [-0.39, 0.29) is 11.9 Å². The quantitative estimate of drug-likeness (QED) is 0.726. The number of hydrazone groups is 1. The maximum Gasteiger partial charge on any atom is 0.242 e. The highest BCUT2D eigenvalue weighted by molar-refractivity contribution is 7.92. The van der Waals surface area contributed by atoms with Gasteiger partial charge in [0.15, 0.2) is 11.5 Å². The van der Waals surface area contributed by atoms with Crippen LogP contribution in [0.5, 0.6) is 11.5 Å². The van der Waals surface area contributed by atoms with Gasteiger partial charge in [-0.15, -0.1) is 0 Å². The zero-order valence-corrected chi connectivity index (χ0v) is 18.2. The summed E-state index contributed by atoms with van der Waals surface area (Å²) < 4.78 is 36.3. The second-order valence-electron chi connectivity index (χ2n) is 6.93.